The third kappa shape index (κ3) is 6.41. The van der Waals surface area contributed by atoms with Crippen LogP contribution in [0.3, 0.4) is 0 Å². The summed E-state index contributed by atoms with van der Waals surface area (Å²) in [5.74, 6) is 0. The van der Waals surface area contributed by atoms with Gasteiger partial charge in [-0.05, 0) is 41.8 Å². The first-order valence-corrected chi connectivity index (χ1v) is 10.2. The summed E-state index contributed by atoms with van der Waals surface area (Å²) in [4.78, 5) is 4.61. The Morgan fingerprint density at radius 2 is 1.46 bits per heavy atom. The van der Waals surface area contributed by atoms with Crippen molar-refractivity contribution in [1.29, 1.82) is 0 Å². The summed E-state index contributed by atoms with van der Waals surface area (Å²) in [6.07, 6.45) is 1.85. The van der Waals surface area contributed by atoms with Gasteiger partial charge in [0, 0.05) is 37.3 Å². The van der Waals surface area contributed by atoms with E-state index < -0.39 is 0 Å². The van der Waals surface area contributed by atoms with Crippen LogP contribution in [-0.4, -0.2) is 22.0 Å². The maximum atomic E-state index is 6.03. The molecule has 0 saturated heterocycles. The lowest BCUT2D eigenvalue weighted by Gasteiger charge is -2.25. The molecule has 0 radical (unpaired) electrons. The van der Waals surface area contributed by atoms with Gasteiger partial charge in [0.2, 0.25) is 0 Å². The van der Waals surface area contributed by atoms with E-state index in [1.54, 1.807) is 12.1 Å². The molecule has 0 N–H and O–H groups in total. The van der Waals surface area contributed by atoms with Gasteiger partial charge in [0.1, 0.15) is 6.34 Å². The van der Waals surface area contributed by atoms with Crippen LogP contribution in [0.1, 0.15) is 16.7 Å². The fourth-order valence-corrected chi connectivity index (χ4v) is 3.89. The normalized spacial score (nSPS) is 11.3. The second-order valence-corrected chi connectivity index (χ2v) is 8.26. The molecule has 3 aromatic carbocycles. The summed E-state index contributed by atoms with van der Waals surface area (Å²) in [5.41, 5.74) is 4.55. The van der Waals surface area contributed by atoms with Crippen molar-refractivity contribution in [2.75, 3.05) is 7.05 Å². The smallest absolute Gasteiger partial charge is 0.102 e. The number of aryl methyl sites for hydroxylation is 1. The Bertz CT molecular complexity index is 859. The summed E-state index contributed by atoms with van der Waals surface area (Å²) in [6.45, 7) is 3.71. The van der Waals surface area contributed by atoms with E-state index in [1.165, 1.54) is 11.1 Å². The molecule has 0 fully saturated rings. The van der Waals surface area contributed by atoms with Crippen molar-refractivity contribution in [2.24, 2.45) is 4.99 Å². The van der Waals surface area contributed by atoms with Gasteiger partial charge in [-0.3, -0.25) is 4.31 Å². The van der Waals surface area contributed by atoms with Gasteiger partial charge < -0.3 is 0 Å². The maximum absolute atomic E-state index is 6.03. The second-order valence-electron chi connectivity index (χ2n) is 6.57. The lowest BCUT2D eigenvalue weighted by atomic mass is 10.2. The molecule has 0 heterocycles. The number of halogens is 1. The monoisotopic (exact) mass is 409 g/mol. The quantitative estimate of drug-likeness (QED) is 0.240. The average Bonchev–Trinajstić information content (AvgIpc) is 2.69. The lowest BCUT2D eigenvalue weighted by Crippen LogP contribution is -2.21. The zero-order chi connectivity index (χ0) is 19.8. The van der Waals surface area contributed by atoms with E-state index in [2.05, 4.69) is 57.8 Å². The standard InChI is InChI=1S/C23H24ClN3S/c1-19-15-22(24)13-14-23(19)25-18-26(2)28-27(16-20-9-5-3-6-10-20)17-21-11-7-4-8-12-21/h3-15,18H,16-17H2,1-2H3. The zero-order valence-corrected chi connectivity index (χ0v) is 17.7. The molecule has 0 aliphatic heterocycles. The molecule has 0 amide bonds. The summed E-state index contributed by atoms with van der Waals surface area (Å²) in [5, 5.41) is 0.732. The first kappa shape index (κ1) is 20.5. The summed E-state index contributed by atoms with van der Waals surface area (Å²) >= 11 is 7.68. The van der Waals surface area contributed by atoms with Crippen LogP contribution < -0.4 is 0 Å². The highest BCUT2D eigenvalue weighted by Gasteiger charge is 2.10. The largest absolute Gasteiger partial charge is 0.297 e. The van der Waals surface area contributed by atoms with Gasteiger partial charge in [-0.2, -0.15) is 0 Å². The van der Waals surface area contributed by atoms with Crippen LogP contribution >= 0.6 is 23.7 Å². The Morgan fingerprint density at radius 1 is 0.893 bits per heavy atom. The van der Waals surface area contributed by atoms with Crippen LogP contribution in [-0.2, 0) is 13.1 Å². The molecule has 3 nitrogen and oxygen atoms in total. The van der Waals surface area contributed by atoms with Crippen molar-refractivity contribution in [2.45, 2.75) is 20.0 Å². The van der Waals surface area contributed by atoms with Gasteiger partial charge in [-0.15, -0.1) is 0 Å². The third-order valence-electron chi connectivity index (χ3n) is 4.17. The van der Waals surface area contributed by atoms with Crippen LogP contribution in [0.2, 0.25) is 5.02 Å². The van der Waals surface area contributed by atoms with Crippen LogP contribution in [0.15, 0.2) is 83.9 Å². The molecule has 3 rings (SSSR count). The molecule has 0 aliphatic carbocycles. The summed E-state index contributed by atoms with van der Waals surface area (Å²) in [7, 11) is 2.02. The number of nitrogens with zero attached hydrogens (tertiary/aromatic N) is 3. The van der Waals surface area contributed by atoms with E-state index in [1.807, 2.05) is 54.9 Å². The predicted octanol–water partition coefficient (Wildman–Crippen LogP) is 6.51. The third-order valence-corrected chi connectivity index (χ3v) is 5.24. The molecule has 0 aliphatic rings. The molecule has 5 heteroatoms. The Labute approximate surface area is 176 Å². The van der Waals surface area contributed by atoms with E-state index in [0.29, 0.717) is 0 Å². The number of hydrogen-bond acceptors (Lipinski definition) is 3. The van der Waals surface area contributed by atoms with E-state index in [9.17, 15) is 0 Å². The Balaban J connectivity index is 1.69. The van der Waals surface area contributed by atoms with Crippen molar-refractivity contribution in [3.8, 4) is 0 Å². The van der Waals surface area contributed by atoms with E-state index >= 15 is 0 Å². The van der Waals surface area contributed by atoms with Gasteiger partial charge in [-0.1, -0.05) is 72.3 Å². The zero-order valence-electron chi connectivity index (χ0n) is 16.1. The fraction of sp³-hybridized carbons (Fsp3) is 0.174. The maximum Gasteiger partial charge on any atom is 0.102 e. The van der Waals surface area contributed by atoms with Gasteiger partial charge >= 0.3 is 0 Å². The lowest BCUT2D eigenvalue weighted by molar-refractivity contribution is 0.451. The molecule has 0 unspecified atom stereocenters. The highest BCUT2D eigenvalue weighted by molar-refractivity contribution is 7.95. The molecule has 28 heavy (non-hydrogen) atoms. The minimum atomic E-state index is 0.732. The van der Waals surface area contributed by atoms with Crippen molar-refractivity contribution in [3.05, 3.63) is 101 Å². The van der Waals surface area contributed by atoms with E-state index in [4.69, 9.17) is 11.6 Å². The average molecular weight is 410 g/mol. The topological polar surface area (TPSA) is 18.8 Å². The highest BCUT2D eigenvalue weighted by atomic mass is 35.5. The Morgan fingerprint density at radius 3 is 2.00 bits per heavy atom. The molecule has 0 spiro atoms. The van der Waals surface area contributed by atoms with Crippen LogP contribution in [0.25, 0.3) is 0 Å². The van der Waals surface area contributed by atoms with Crippen molar-refractivity contribution >= 4 is 35.8 Å². The molecule has 0 atom stereocenters. The molecule has 0 aromatic heterocycles. The highest BCUT2D eigenvalue weighted by Crippen LogP contribution is 2.24. The van der Waals surface area contributed by atoms with Crippen molar-refractivity contribution in [1.82, 2.24) is 8.61 Å². The summed E-state index contributed by atoms with van der Waals surface area (Å²) < 4.78 is 4.35. The molecular formula is C23H24ClN3S. The van der Waals surface area contributed by atoms with E-state index in [-0.39, 0.29) is 0 Å². The Kier molecular flexibility index (Phi) is 7.54. The van der Waals surface area contributed by atoms with Crippen molar-refractivity contribution < 1.29 is 0 Å². The van der Waals surface area contributed by atoms with Gasteiger partial charge in [-0.25, -0.2) is 9.30 Å². The SMILES string of the molecule is Cc1cc(Cl)ccc1N=CN(C)SN(Cc1ccccc1)Cc1ccccc1. The van der Waals surface area contributed by atoms with Gasteiger partial charge in [0.15, 0.2) is 0 Å². The first-order valence-electron chi connectivity index (χ1n) is 9.14. The van der Waals surface area contributed by atoms with Crippen LogP contribution in [0.4, 0.5) is 5.69 Å². The number of rotatable bonds is 8. The first-order chi connectivity index (χ1) is 13.6. The predicted molar refractivity (Wildman–Crippen MR) is 122 cm³/mol. The second kappa shape index (κ2) is 10.3. The van der Waals surface area contributed by atoms with Gasteiger partial charge in [0.05, 0.1) is 5.69 Å². The number of aliphatic imine (C=N–C) groups is 1. The molecule has 0 bridgehead atoms. The van der Waals surface area contributed by atoms with Crippen LogP contribution in [0, 0.1) is 6.92 Å². The van der Waals surface area contributed by atoms with Crippen molar-refractivity contribution in [3.63, 3.8) is 0 Å². The Hall–Kier alpha value is -2.27. The fourth-order valence-electron chi connectivity index (χ4n) is 2.80. The molecule has 144 valence electrons. The molecular weight excluding hydrogens is 386 g/mol. The summed E-state index contributed by atoms with van der Waals surface area (Å²) in [6, 6.07) is 26.8. The molecule has 0 saturated carbocycles. The van der Waals surface area contributed by atoms with E-state index in [0.717, 1.165) is 29.4 Å². The number of hydrogen-bond donors (Lipinski definition) is 0. The number of benzene rings is 3. The van der Waals surface area contributed by atoms with Gasteiger partial charge in [0.25, 0.3) is 0 Å². The molecule has 3 aromatic rings. The minimum absolute atomic E-state index is 0.732. The minimum Gasteiger partial charge on any atom is -0.297 e. The van der Waals surface area contributed by atoms with Crippen LogP contribution in [0.5, 0.6) is 0 Å².